The van der Waals surface area contributed by atoms with Gasteiger partial charge in [0, 0.05) is 26.2 Å². The molecule has 3 rings (SSSR count). The summed E-state index contributed by atoms with van der Waals surface area (Å²) < 4.78 is 1.60. The molecular formula is C12H16ClN5O. The molecule has 0 aliphatic carbocycles. The molecule has 3 heterocycles. The van der Waals surface area contributed by atoms with Gasteiger partial charge in [-0.05, 0) is 19.2 Å². The summed E-state index contributed by atoms with van der Waals surface area (Å²) in [5.74, 6) is 0. The maximum atomic E-state index is 10.5. The van der Waals surface area contributed by atoms with Gasteiger partial charge in [-0.3, -0.25) is 4.90 Å². The zero-order valence-corrected chi connectivity index (χ0v) is 11.5. The van der Waals surface area contributed by atoms with Crippen molar-refractivity contribution in [2.24, 2.45) is 0 Å². The lowest BCUT2D eigenvalue weighted by atomic mass is 10.3. The smallest absolute Gasteiger partial charge is 0.154 e. The summed E-state index contributed by atoms with van der Waals surface area (Å²) in [6.45, 7) is 3.54. The van der Waals surface area contributed by atoms with Gasteiger partial charge >= 0.3 is 0 Å². The highest BCUT2D eigenvalue weighted by Gasteiger charge is 2.24. The van der Waals surface area contributed by atoms with Crippen LogP contribution in [0.1, 0.15) is 11.9 Å². The molecule has 1 N–H and O–H groups in total. The first-order valence-corrected chi connectivity index (χ1v) is 6.64. The van der Waals surface area contributed by atoms with E-state index >= 15 is 0 Å². The molecule has 0 saturated carbocycles. The van der Waals surface area contributed by atoms with E-state index in [2.05, 4.69) is 22.0 Å². The number of aliphatic hydroxyl groups excluding tert-OH is 1. The second-order valence-electron chi connectivity index (χ2n) is 4.82. The molecule has 6 nitrogen and oxygen atoms in total. The topological polar surface area (TPSA) is 56.9 Å². The fourth-order valence-corrected chi connectivity index (χ4v) is 2.44. The number of hydrogen-bond donors (Lipinski definition) is 1. The van der Waals surface area contributed by atoms with Gasteiger partial charge in [0.25, 0.3) is 0 Å². The highest BCUT2D eigenvalue weighted by Crippen LogP contribution is 2.20. The molecule has 0 amide bonds. The first kappa shape index (κ1) is 12.8. The molecule has 0 aromatic carbocycles. The van der Waals surface area contributed by atoms with Crippen molar-refractivity contribution in [1.82, 2.24) is 24.4 Å². The highest BCUT2D eigenvalue weighted by molar-refractivity contribution is 6.29. The SMILES string of the molecule is CN1CCN(C(O)c2cnc3ccc(Cl)nn23)CC1. The first-order valence-electron chi connectivity index (χ1n) is 6.26. The third-order valence-corrected chi connectivity index (χ3v) is 3.71. The van der Waals surface area contributed by atoms with E-state index in [9.17, 15) is 5.11 Å². The van der Waals surface area contributed by atoms with Gasteiger partial charge in [-0.1, -0.05) is 11.6 Å². The summed E-state index contributed by atoms with van der Waals surface area (Å²) in [6.07, 6.45) is 0.955. The largest absolute Gasteiger partial charge is 0.372 e. The molecule has 1 saturated heterocycles. The number of rotatable bonds is 2. The van der Waals surface area contributed by atoms with Crippen LogP contribution in [0.25, 0.3) is 5.65 Å². The average Bonchev–Trinajstić information content (AvgIpc) is 2.81. The molecule has 0 spiro atoms. The third kappa shape index (κ3) is 2.44. The van der Waals surface area contributed by atoms with Gasteiger partial charge in [0.1, 0.15) is 10.8 Å². The maximum absolute atomic E-state index is 10.5. The van der Waals surface area contributed by atoms with Crippen LogP contribution in [-0.2, 0) is 0 Å². The van der Waals surface area contributed by atoms with Crippen LogP contribution in [0.2, 0.25) is 5.15 Å². The fraction of sp³-hybridized carbons (Fsp3) is 0.500. The number of aliphatic hydroxyl groups is 1. The predicted octanol–water partition coefficient (Wildman–Crippen LogP) is 0.621. The van der Waals surface area contributed by atoms with Crippen LogP contribution < -0.4 is 0 Å². The third-order valence-electron chi connectivity index (χ3n) is 3.50. The van der Waals surface area contributed by atoms with Crippen molar-refractivity contribution in [3.05, 3.63) is 29.2 Å². The Morgan fingerprint density at radius 1 is 1.26 bits per heavy atom. The maximum Gasteiger partial charge on any atom is 0.154 e. The molecule has 19 heavy (non-hydrogen) atoms. The van der Waals surface area contributed by atoms with E-state index in [1.54, 1.807) is 22.8 Å². The summed E-state index contributed by atoms with van der Waals surface area (Å²) in [4.78, 5) is 8.50. The monoisotopic (exact) mass is 281 g/mol. The van der Waals surface area contributed by atoms with Gasteiger partial charge in [0.15, 0.2) is 11.9 Å². The Labute approximate surface area is 116 Å². The number of fused-ring (bicyclic) bond motifs is 1. The Hall–Kier alpha value is -1.21. The molecule has 1 fully saturated rings. The number of imidazole rings is 1. The zero-order chi connectivity index (χ0) is 13.4. The van der Waals surface area contributed by atoms with Crippen molar-refractivity contribution in [2.45, 2.75) is 6.23 Å². The molecule has 0 bridgehead atoms. The van der Waals surface area contributed by atoms with Crippen LogP contribution in [0.3, 0.4) is 0 Å². The minimum absolute atomic E-state index is 0.386. The fourth-order valence-electron chi connectivity index (χ4n) is 2.30. The lowest BCUT2D eigenvalue weighted by Gasteiger charge is -2.35. The number of hydrogen-bond acceptors (Lipinski definition) is 5. The summed E-state index contributed by atoms with van der Waals surface area (Å²) in [5.41, 5.74) is 1.34. The Bertz CT molecular complexity index is 579. The normalized spacial score (nSPS) is 19.9. The zero-order valence-electron chi connectivity index (χ0n) is 10.7. The second kappa shape index (κ2) is 5.05. The van der Waals surface area contributed by atoms with Gasteiger partial charge in [-0.15, -0.1) is 0 Å². The Morgan fingerprint density at radius 3 is 2.74 bits per heavy atom. The molecule has 1 unspecified atom stereocenters. The number of likely N-dealkylation sites (N-methyl/N-ethyl adjacent to an activating group) is 1. The summed E-state index contributed by atoms with van der Waals surface area (Å²) >= 11 is 5.90. The first-order chi connectivity index (χ1) is 9.15. The molecule has 2 aromatic heterocycles. The van der Waals surface area contributed by atoms with Gasteiger partial charge in [-0.2, -0.15) is 5.10 Å². The van der Waals surface area contributed by atoms with E-state index in [0.29, 0.717) is 16.5 Å². The molecule has 2 aromatic rings. The molecule has 7 heteroatoms. The van der Waals surface area contributed by atoms with E-state index in [1.807, 2.05) is 4.90 Å². The van der Waals surface area contributed by atoms with Crippen molar-refractivity contribution in [1.29, 1.82) is 0 Å². The van der Waals surface area contributed by atoms with Crippen molar-refractivity contribution < 1.29 is 5.11 Å². The van der Waals surface area contributed by atoms with Crippen molar-refractivity contribution >= 4 is 17.2 Å². The molecule has 102 valence electrons. The Balaban J connectivity index is 1.89. The van der Waals surface area contributed by atoms with Crippen molar-refractivity contribution in [3.63, 3.8) is 0 Å². The second-order valence-corrected chi connectivity index (χ2v) is 5.21. The molecule has 1 aliphatic rings. The predicted molar refractivity (Wildman–Crippen MR) is 72.0 cm³/mol. The van der Waals surface area contributed by atoms with Crippen molar-refractivity contribution in [2.75, 3.05) is 33.2 Å². The van der Waals surface area contributed by atoms with Crippen LogP contribution in [0.5, 0.6) is 0 Å². The highest BCUT2D eigenvalue weighted by atomic mass is 35.5. The molecule has 1 aliphatic heterocycles. The van der Waals surface area contributed by atoms with E-state index in [1.165, 1.54) is 0 Å². The van der Waals surface area contributed by atoms with Crippen LogP contribution in [0, 0.1) is 0 Å². The standard InChI is InChI=1S/C12H16ClN5O/c1-16-4-6-17(7-5-16)12(19)9-8-14-11-3-2-10(13)15-18(9)11/h2-3,8,12,19H,4-7H2,1H3. The van der Waals surface area contributed by atoms with Gasteiger partial charge in [-0.25, -0.2) is 9.50 Å². The molecule has 0 radical (unpaired) electrons. The van der Waals surface area contributed by atoms with E-state index < -0.39 is 6.23 Å². The number of nitrogens with zero attached hydrogens (tertiary/aromatic N) is 5. The number of halogens is 1. The molecule has 1 atom stereocenters. The lowest BCUT2D eigenvalue weighted by molar-refractivity contribution is -0.0269. The van der Waals surface area contributed by atoms with Crippen molar-refractivity contribution in [3.8, 4) is 0 Å². The Kier molecular flexibility index (Phi) is 3.40. The van der Waals surface area contributed by atoms with Gasteiger partial charge in [0.2, 0.25) is 0 Å². The summed E-state index contributed by atoms with van der Waals surface area (Å²) in [6, 6.07) is 3.48. The van der Waals surface area contributed by atoms with Gasteiger partial charge in [0.05, 0.1) is 6.20 Å². The molecular weight excluding hydrogens is 266 g/mol. The Morgan fingerprint density at radius 2 is 2.00 bits per heavy atom. The van der Waals surface area contributed by atoms with Crippen LogP contribution in [-0.4, -0.2) is 62.7 Å². The van der Waals surface area contributed by atoms with Crippen LogP contribution >= 0.6 is 11.6 Å². The van der Waals surface area contributed by atoms with E-state index in [-0.39, 0.29) is 0 Å². The van der Waals surface area contributed by atoms with Gasteiger partial charge < -0.3 is 10.0 Å². The summed E-state index contributed by atoms with van der Waals surface area (Å²) in [7, 11) is 2.08. The number of aromatic nitrogens is 3. The van der Waals surface area contributed by atoms with E-state index in [0.717, 1.165) is 26.2 Å². The quantitative estimate of drug-likeness (QED) is 0.875. The van der Waals surface area contributed by atoms with Crippen LogP contribution in [0.4, 0.5) is 0 Å². The summed E-state index contributed by atoms with van der Waals surface area (Å²) in [5, 5.41) is 15.0. The van der Waals surface area contributed by atoms with E-state index in [4.69, 9.17) is 11.6 Å². The minimum Gasteiger partial charge on any atom is -0.372 e. The van der Waals surface area contributed by atoms with Crippen LogP contribution in [0.15, 0.2) is 18.3 Å². The lowest BCUT2D eigenvalue weighted by Crippen LogP contribution is -2.46. The average molecular weight is 282 g/mol. The minimum atomic E-state index is -0.699. The number of piperazine rings is 1.